The number of nitrogens with one attached hydrogen (secondary N) is 2. The van der Waals surface area contributed by atoms with Crippen LogP contribution in [0.2, 0.25) is 0 Å². The average Bonchev–Trinajstić information content (AvgIpc) is 2.99. The Morgan fingerprint density at radius 2 is 1.81 bits per heavy atom. The van der Waals surface area contributed by atoms with Crippen molar-refractivity contribution < 1.29 is 4.79 Å². The van der Waals surface area contributed by atoms with E-state index < -0.39 is 0 Å². The molecule has 1 heterocycles. The van der Waals surface area contributed by atoms with Crippen molar-refractivity contribution in [2.24, 2.45) is 12.0 Å². The number of carbonyl (C=O) groups is 1. The van der Waals surface area contributed by atoms with Gasteiger partial charge in [0.05, 0.1) is 5.69 Å². The summed E-state index contributed by atoms with van der Waals surface area (Å²) in [7, 11) is 1.95. The highest BCUT2D eigenvalue weighted by molar-refractivity contribution is 7.98. The SMILES string of the molecule is CSc1cccc(NC(=NCCc2c(C)nn(C)c2C)NC(=O)c2cc(C)cc(C)c2)c1. The quantitative estimate of drug-likeness (QED) is 0.322. The first-order chi connectivity index (χ1) is 15.3. The number of hydrogen-bond acceptors (Lipinski definition) is 4. The highest BCUT2D eigenvalue weighted by Gasteiger charge is 2.12. The molecule has 0 unspecified atom stereocenters. The van der Waals surface area contributed by atoms with Crippen molar-refractivity contribution >= 4 is 29.3 Å². The fraction of sp³-hybridized carbons (Fsp3) is 0.320. The second-order valence-corrected chi connectivity index (χ2v) is 8.82. The summed E-state index contributed by atoms with van der Waals surface area (Å²) < 4.78 is 1.89. The maximum atomic E-state index is 13.0. The molecule has 2 N–H and O–H groups in total. The van der Waals surface area contributed by atoms with Crippen LogP contribution in [0.15, 0.2) is 52.4 Å². The number of benzene rings is 2. The van der Waals surface area contributed by atoms with Gasteiger partial charge in [-0.15, -0.1) is 11.8 Å². The molecule has 0 fully saturated rings. The molecular formula is C25H31N5OS. The molecule has 0 atom stereocenters. The van der Waals surface area contributed by atoms with Crippen LogP contribution in [0.1, 0.15) is 38.4 Å². The van der Waals surface area contributed by atoms with Gasteiger partial charge in [-0.1, -0.05) is 23.3 Å². The van der Waals surface area contributed by atoms with Crippen molar-refractivity contribution in [2.75, 3.05) is 18.1 Å². The molecule has 0 bridgehead atoms. The number of rotatable bonds is 6. The zero-order chi connectivity index (χ0) is 23.3. The number of aromatic nitrogens is 2. The van der Waals surface area contributed by atoms with Crippen molar-refractivity contribution in [2.45, 2.75) is 39.0 Å². The van der Waals surface area contributed by atoms with Gasteiger partial charge in [0.25, 0.3) is 5.91 Å². The topological polar surface area (TPSA) is 71.3 Å². The van der Waals surface area contributed by atoms with Gasteiger partial charge in [0, 0.05) is 35.4 Å². The van der Waals surface area contributed by atoms with E-state index in [1.165, 1.54) is 5.56 Å². The Morgan fingerprint density at radius 3 is 2.44 bits per heavy atom. The fourth-order valence-corrected chi connectivity index (χ4v) is 4.15. The van der Waals surface area contributed by atoms with Gasteiger partial charge in [-0.2, -0.15) is 5.10 Å². The van der Waals surface area contributed by atoms with Gasteiger partial charge in [-0.3, -0.25) is 19.8 Å². The molecule has 7 heteroatoms. The molecule has 0 saturated heterocycles. The van der Waals surface area contributed by atoms with Crippen LogP contribution in [0, 0.1) is 27.7 Å². The number of hydrogen-bond donors (Lipinski definition) is 2. The van der Waals surface area contributed by atoms with Crippen molar-refractivity contribution in [3.8, 4) is 0 Å². The molecule has 0 aliphatic carbocycles. The van der Waals surface area contributed by atoms with Crippen LogP contribution in [-0.2, 0) is 13.5 Å². The van der Waals surface area contributed by atoms with E-state index in [0.717, 1.165) is 39.5 Å². The molecule has 0 spiro atoms. The molecule has 6 nitrogen and oxygen atoms in total. The molecule has 0 saturated carbocycles. The van der Waals surface area contributed by atoms with E-state index in [1.54, 1.807) is 11.8 Å². The van der Waals surface area contributed by atoms with Crippen LogP contribution in [0.4, 0.5) is 5.69 Å². The van der Waals surface area contributed by atoms with Crippen LogP contribution in [0.25, 0.3) is 0 Å². The van der Waals surface area contributed by atoms with Gasteiger partial charge >= 0.3 is 0 Å². The Morgan fingerprint density at radius 1 is 1.09 bits per heavy atom. The summed E-state index contributed by atoms with van der Waals surface area (Å²) in [5.74, 6) is 0.254. The monoisotopic (exact) mass is 449 g/mol. The van der Waals surface area contributed by atoms with E-state index in [0.29, 0.717) is 18.1 Å². The van der Waals surface area contributed by atoms with Crippen LogP contribution >= 0.6 is 11.8 Å². The number of thioether (sulfide) groups is 1. The van der Waals surface area contributed by atoms with E-state index in [1.807, 2.05) is 69.1 Å². The first kappa shape index (κ1) is 23.6. The lowest BCUT2D eigenvalue weighted by molar-refractivity contribution is 0.0976. The lowest BCUT2D eigenvalue weighted by Gasteiger charge is -2.13. The van der Waals surface area contributed by atoms with Crippen molar-refractivity contribution in [1.82, 2.24) is 15.1 Å². The summed E-state index contributed by atoms with van der Waals surface area (Å²) in [6, 6.07) is 13.9. The highest BCUT2D eigenvalue weighted by atomic mass is 32.2. The molecule has 2 aromatic carbocycles. The van der Waals surface area contributed by atoms with Crippen LogP contribution in [-0.4, -0.2) is 34.4 Å². The van der Waals surface area contributed by atoms with E-state index in [-0.39, 0.29) is 5.91 Å². The lowest BCUT2D eigenvalue weighted by atomic mass is 10.1. The predicted octanol–water partition coefficient (Wildman–Crippen LogP) is 4.82. The summed E-state index contributed by atoms with van der Waals surface area (Å²) >= 11 is 1.67. The van der Waals surface area contributed by atoms with Gasteiger partial charge in [0.1, 0.15) is 0 Å². The van der Waals surface area contributed by atoms with Crippen LogP contribution < -0.4 is 10.6 Å². The highest BCUT2D eigenvalue weighted by Crippen LogP contribution is 2.19. The van der Waals surface area contributed by atoms with Gasteiger partial charge in [-0.05, 0) is 76.3 Å². The third kappa shape index (κ3) is 6.01. The van der Waals surface area contributed by atoms with Crippen LogP contribution in [0.5, 0.6) is 0 Å². The van der Waals surface area contributed by atoms with Crippen molar-refractivity contribution in [1.29, 1.82) is 0 Å². The normalized spacial score (nSPS) is 11.5. The van der Waals surface area contributed by atoms with E-state index in [2.05, 4.69) is 34.8 Å². The number of amides is 1. The third-order valence-corrected chi connectivity index (χ3v) is 6.06. The molecule has 3 rings (SSSR count). The summed E-state index contributed by atoms with van der Waals surface area (Å²) in [4.78, 5) is 18.8. The van der Waals surface area contributed by atoms with E-state index in [4.69, 9.17) is 4.99 Å². The first-order valence-corrected chi connectivity index (χ1v) is 11.8. The summed E-state index contributed by atoms with van der Waals surface area (Å²) in [5.41, 5.74) is 6.95. The number of guanidine groups is 1. The summed E-state index contributed by atoms with van der Waals surface area (Å²) in [5, 5.41) is 10.7. The lowest BCUT2D eigenvalue weighted by Crippen LogP contribution is -2.36. The van der Waals surface area contributed by atoms with Crippen molar-refractivity contribution in [3.05, 3.63) is 76.1 Å². The molecule has 0 aliphatic rings. The second kappa shape index (κ2) is 10.5. The largest absolute Gasteiger partial charge is 0.326 e. The molecule has 1 aromatic heterocycles. The maximum Gasteiger partial charge on any atom is 0.257 e. The Hall–Kier alpha value is -3.06. The fourth-order valence-electron chi connectivity index (χ4n) is 3.69. The Labute approximate surface area is 194 Å². The van der Waals surface area contributed by atoms with Gasteiger partial charge < -0.3 is 5.32 Å². The zero-order valence-corrected chi connectivity index (χ0v) is 20.4. The summed E-state index contributed by atoms with van der Waals surface area (Å²) in [6.45, 7) is 8.59. The number of nitrogens with zero attached hydrogens (tertiary/aromatic N) is 3. The minimum Gasteiger partial charge on any atom is -0.326 e. The standard InChI is InChI=1S/C25H31N5OS/c1-16-12-17(2)14-20(13-16)24(31)28-25(27-21-8-7-9-22(15-21)32-6)26-11-10-23-18(3)29-30(5)19(23)4/h7-9,12-15H,10-11H2,1-6H3,(H2,26,27,28,31). The molecule has 168 valence electrons. The number of carbonyl (C=O) groups excluding carboxylic acids is 1. The first-order valence-electron chi connectivity index (χ1n) is 10.6. The Balaban J connectivity index is 1.82. The van der Waals surface area contributed by atoms with Crippen LogP contribution in [0.3, 0.4) is 0 Å². The zero-order valence-electron chi connectivity index (χ0n) is 19.6. The average molecular weight is 450 g/mol. The summed E-state index contributed by atoms with van der Waals surface area (Å²) in [6.07, 6.45) is 2.79. The minimum absolute atomic E-state index is 0.183. The second-order valence-electron chi connectivity index (χ2n) is 7.94. The van der Waals surface area contributed by atoms with Gasteiger partial charge in [-0.25, -0.2) is 0 Å². The maximum absolute atomic E-state index is 13.0. The molecule has 3 aromatic rings. The number of anilines is 1. The molecule has 1 amide bonds. The van der Waals surface area contributed by atoms with Gasteiger partial charge in [0.2, 0.25) is 5.96 Å². The molecule has 0 radical (unpaired) electrons. The van der Waals surface area contributed by atoms with E-state index in [9.17, 15) is 4.79 Å². The van der Waals surface area contributed by atoms with Gasteiger partial charge in [0.15, 0.2) is 0 Å². The Bertz CT molecular complexity index is 1130. The van der Waals surface area contributed by atoms with E-state index >= 15 is 0 Å². The Kier molecular flexibility index (Phi) is 7.75. The number of aryl methyl sites for hydroxylation is 4. The minimum atomic E-state index is -0.183. The third-order valence-electron chi connectivity index (χ3n) is 5.34. The molecule has 32 heavy (non-hydrogen) atoms. The number of aliphatic imine (C=N–C) groups is 1. The predicted molar refractivity (Wildman–Crippen MR) is 134 cm³/mol. The molecule has 0 aliphatic heterocycles. The molecular weight excluding hydrogens is 418 g/mol. The van der Waals surface area contributed by atoms with Crippen molar-refractivity contribution in [3.63, 3.8) is 0 Å². The smallest absolute Gasteiger partial charge is 0.257 e.